The smallest absolute Gasteiger partial charge is 0.182 e. The number of rotatable bonds is 5. The molecule has 2 aromatic heterocycles. The fourth-order valence-electron chi connectivity index (χ4n) is 2.44. The molecule has 1 aliphatic carbocycles. The number of aromatic nitrogens is 2. The Hall–Kier alpha value is -2.93. The topological polar surface area (TPSA) is 79.0 Å². The lowest BCUT2D eigenvalue weighted by Crippen LogP contribution is -2.38. The molecule has 0 radical (unpaired) electrons. The number of pyridine rings is 1. The first-order valence-electron chi connectivity index (χ1n) is 8.07. The van der Waals surface area contributed by atoms with Crippen molar-refractivity contribution in [2.24, 2.45) is 4.99 Å². The highest BCUT2D eigenvalue weighted by atomic mass is 16.3. The number of hydrogen-bond donors (Lipinski definition) is 2. The van der Waals surface area contributed by atoms with Crippen molar-refractivity contribution in [1.82, 2.24) is 9.61 Å². The van der Waals surface area contributed by atoms with Crippen LogP contribution in [0.3, 0.4) is 0 Å². The van der Waals surface area contributed by atoms with Crippen LogP contribution >= 0.6 is 0 Å². The van der Waals surface area contributed by atoms with Crippen molar-refractivity contribution >= 4 is 28.5 Å². The second kappa shape index (κ2) is 6.52. The van der Waals surface area contributed by atoms with Gasteiger partial charge in [0.05, 0.1) is 39.7 Å². The van der Waals surface area contributed by atoms with Crippen LogP contribution in [0.4, 0.5) is 11.5 Å². The summed E-state index contributed by atoms with van der Waals surface area (Å²) in [5.41, 5.74) is 1.80. The molecule has 0 atom stereocenters. The number of anilines is 1. The quantitative estimate of drug-likeness (QED) is 0.645. The molecule has 0 amide bonds. The minimum atomic E-state index is -0.252. The van der Waals surface area contributed by atoms with E-state index in [1.807, 2.05) is 24.4 Å². The Labute approximate surface area is 146 Å². The van der Waals surface area contributed by atoms with Gasteiger partial charge in [0, 0.05) is 12.3 Å². The van der Waals surface area contributed by atoms with Gasteiger partial charge in [-0.2, -0.15) is 0 Å². The molecular formula is C18H22N5O2+. The van der Waals surface area contributed by atoms with E-state index in [1.54, 1.807) is 4.52 Å². The van der Waals surface area contributed by atoms with E-state index < -0.39 is 0 Å². The molecule has 1 aliphatic rings. The number of aliphatic hydroxyl groups excluding tert-OH is 1. The summed E-state index contributed by atoms with van der Waals surface area (Å²) >= 11 is 0. The van der Waals surface area contributed by atoms with Gasteiger partial charge in [0.25, 0.3) is 0 Å². The molecule has 0 aromatic carbocycles. The van der Waals surface area contributed by atoms with E-state index in [1.165, 1.54) is 12.2 Å². The van der Waals surface area contributed by atoms with Crippen molar-refractivity contribution in [2.45, 2.75) is 0 Å². The van der Waals surface area contributed by atoms with Crippen LogP contribution in [0.25, 0.3) is 5.52 Å². The zero-order valence-electron chi connectivity index (χ0n) is 14.6. The van der Waals surface area contributed by atoms with E-state index in [0.29, 0.717) is 17.2 Å². The number of nitrogens with one attached hydrogen (secondary N) is 1. The van der Waals surface area contributed by atoms with Gasteiger partial charge < -0.3 is 14.9 Å². The average Bonchev–Trinajstić information content (AvgIpc) is 2.87. The molecule has 0 saturated carbocycles. The SMILES string of the molecule is C[N+](C)(C)CCNc1nn2ccccc2c1N=C1C=CC(=O)C=C1O. The molecule has 0 saturated heterocycles. The van der Waals surface area contributed by atoms with Gasteiger partial charge in [-0.1, -0.05) is 6.07 Å². The Bertz CT molecular complexity index is 900. The standard InChI is InChI=1S/C18H21N5O2/c1-23(2,3)11-9-19-18-17(15-6-4-5-10-22(15)21-18)20-14-8-7-13(24)12-16(14)25/h4-8,10,12H,9,11H2,1-3H3,(H-,19,21,24,25)/p+1. The maximum atomic E-state index is 11.3. The van der Waals surface area contributed by atoms with Crippen LogP contribution in [0.1, 0.15) is 0 Å². The fourth-order valence-corrected chi connectivity index (χ4v) is 2.44. The fraction of sp³-hybridized carbons (Fsp3) is 0.278. The molecule has 2 heterocycles. The lowest BCUT2D eigenvalue weighted by molar-refractivity contribution is -0.868. The van der Waals surface area contributed by atoms with E-state index >= 15 is 0 Å². The summed E-state index contributed by atoms with van der Waals surface area (Å²) in [6.45, 7) is 1.66. The maximum Gasteiger partial charge on any atom is 0.182 e. The summed E-state index contributed by atoms with van der Waals surface area (Å²) in [6, 6.07) is 5.71. The van der Waals surface area contributed by atoms with Crippen molar-refractivity contribution in [1.29, 1.82) is 0 Å². The number of nitrogens with zero attached hydrogens (tertiary/aromatic N) is 4. The first-order valence-corrected chi connectivity index (χ1v) is 8.07. The summed E-state index contributed by atoms with van der Waals surface area (Å²) in [5.74, 6) is 0.253. The number of hydrogen-bond acceptors (Lipinski definition) is 5. The van der Waals surface area contributed by atoms with Crippen molar-refractivity contribution < 1.29 is 14.4 Å². The average molecular weight is 340 g/mol. The van der Waals surface area contributed by atoms with Crippen molar-refractivity contribution in [2.75, 3.05) is 39.5 Å². The molecule has 2 N–H and O–H groups in total. The summed E-state index contributed by atoms with van der Waals surface area (Å²) in [5, 5.41) is 17.9. The minimum absolute atomic E-state index is 0.139. The van der Waals surface area contributed by atoms with Gasteiger partial charge >= 0.3 is 0 Å². The van der Waals surface area contributed by atoms with Gasteiger partial charge in [-0.05, 0) is 24.3 Å². The molecular weight excluding hydrogens is 318 g/mol. The molecule has 7 nitrogen and oxygen atoms in total. The van der Waals surface area contributed by atoms with E-state index in [0.717, 1.165) is 29.2 Å². The predicted molar refractivity (Wildman–Crippen MR) is 98.5 cm³/mol. The Morgan fingerprint density at radius 1 is 1.28 bits per heavy atom. The second-order valence-electron chi connectivity index (χ2n) is 6.93. The van der Waals surface area contributed by atoms with Crippen molar-refractivity contribution in [3.63, 3.8) is 0 Å². The van der Waals surface area contributed by atoms with Crippen molar-refractivity contribution in [3.8, 4) is 0 Å². The largest absolute Gasteiger partial charge is 0.506 e. The third-order valence-electron chi connectivity index (χ3n) is 3.77. The van der Waals surface area contributed by atoms with Gasteiger partial charge in [0.15, 0.2) is 11.6 Å². The number of aliphatic hydroxyl groups is 1. The summed E-state index contributed by atoms with van der Waals surface area (Å²) < 4.78 is 2.57. The molecule has 0 unspecified atom stereocenters. The molecule has 0 bridgehead atoms. The Kier molecular flexibility index (Phi) is 4.41. The van der Waals surface area contributed by atoms with E-state index in [9.17, 15) is 9.90 Å². The van der Waals surface area contributed by atoms with Gasteiger partial charge in [-0.25, -0.2) is 9.51 Å². The van der Waals surface area contributed by atoms with Crippen LogP contribution < -0.4 is 5.32 Å². The van der Waals surface area contributed by atoms with E-state index in [2.05, 4.69) is 36.6 Å². The molecule has 2 aromatic rings. The summed E-state index contributed by atoms with van der Waals surface area (Å²) in [6.07, 6.45) is 5.91. The molecule has 7 heteroatoms. The number of likely N-dealkylation sites (N-methyl/N-ethyl adjacent to an activating group) is 1. The van der Waals surface area contributed by atoms with Crippen LogP contribution in [0, 0.1) is 0 Å². The third-order valence-corrected chi connectivity index (χ3v) is 3.77. The molecule has 130 valence electrons. The summed E-state index contributed by atoms with van der Waals surface area (Å²) in [7, 11) is 6.37. The second-order valence-corrected chi connectivity index (χ2v) is 6.93. The number of quaternary nitrogens is 1. The minimum Gasteiger partial charge on any atom is -0.506 e. The number of ketones is 1. The Morgan fingerprint density at radius 2 is 2.08 bits per heavy atom. The van der Waals surface area contributed by atoms with E-state index in [4.69, 9.17) is 0 Å². The Balaban J connectivity index is 1.98. The highest BCUT2D eigenvalue weighted by Gasteiger charge is 2.16. The molecule has 0 aliphatic heterocycles. The number of carbonyl (C=O) groups excluding carboxylic acids is 1. The molecule has 3 rings (SSSR count). The van der Waals surface area contributed by atoms with Gasteiger partial charge in [-0.3, -0.25) is 4.79 Å². The monoisotopic (exact) mass is 340 g/mol. The lowest BCUT2D eigenvalue weighted by Gasteiger charge is -2.23. The number of aliphatic imine (C=N–C) groups is 1. The zero-order valence-corrected chi connectivity index (χ0v) is 14.6. The van der Waals surface area contributed by atoms with Crippen molar-refractivity contribution in [3.05, 3.63) is 48.4 Å². The van der Waals surface area contributed by atoms with E-state index in [-0.39, 0.29) is 11.5 Å². The third kappa shape index (κ3) is 3.95. The molecule has 0 fully saturated rings. The van der Waals surface area contributed by atoms with Gasteiger partial charge in [0.2, 0.25) is 0 Å². The van der Waals surface area contributed by atoms with Crippen LogP contribution in [-0.4, -0.2) is 64.9 Å². The van der Waals surface area contributed by atoms with Gasteiger partial charge in [0.1, 0.15) is 17.2 Å². The highest BCUT2D eigenvalue weighted by Crippen LogP contribution is 2.30. The maximum absolute atomic E-state index is 11.3. The summed E-state index contributed by atoms with van der Waals surface area (Å²) in [4.78, 5) is 15.9. The lowest BCUT2D eigenvalue weighted by atomic mass is 10.1. The van der Waals surface area contributed by atoms with Crippen LogP contribution in [0.5, 0.6) is 0 Å². The van der Waals surface area contributed by atoms with Crippen LogP contribution in [0.15, 0.2) is 53.4 Å². The predicted octanol–water partition coefficient (Wildman–Crippen LogP) is 2.11. The normalized spacial score (nSPS) is 16.5. The van der Waals surface area contributed by atoms with Crippen LogP contribution in [-0.2, 0) is 4.79 Å². The Morgan fingerprint density at radius 3 is 2.80 bits per heavy atom. The first kappa shape index (κ1) is 16.9. The first-order chi connectivity index (χ1) is 11.8. The molecule has 0 spiro atoms. The number of fused-ring (bicyclic) bond motifs is 1. The number of carbonyl (C=O) groups is 1. The molecule has 25 heavy (non-hydrogen) atoms. The van der Waals surface area contributed by atoms with Gasteiger partial charge in [-0.15, -0.1) is 5.10 Å². The highest BCUT2D eigenvalue weighted by molar-refractivity contribution is 6.19. The number of allylic oxidation sites excluding steroid dienone is 3. The van der Waals surface area contributed by atoms with Crippen LogP contribution in [0.2, 0.25) is 0 Å². The zero-order chi connectivity index (χ0) is 18.0.